The van der Waals surface area contributed by atoms with Crippen LogP contribution in [0.2, 0.25) is 0 Å². The molecular formula is C31H51NO9. The standard InChI is InChI=1S/C31H51NO9/c1-9-23-18(5)28(36)31(6)11-10-19-15(2)12-20(25(19)29(37)41-31)27(17(4)22(33)14-24(34)39-23)40-30-26(35)21(32(7)8)13-16(3)38-30/h15-18,20-23,26-28,30,33,35-36H,9-14H2,1-8H3/t15-,16-,17+,18-,20-,21+,22-,23+,26-,27+,28+,30+,31+/m1/s1. The molecule has 0 spiro atoms. The van der Waals surface area contributed by atoms with Crippen molar-refractivity contribution in [2.45, 2.75) is 135 Å². The average Bonchev–Trinajstić information content (AvgIpc) is 3.16. The van der Waals surface area contributed by atoms with Gasteiger partial charge in [0, 0.05) is 29.4 Å². The zero-order valence-corrected chi connectivity index (χ0v) is 25.9. The molecule has 41 heavy (non-hydrogen) atoms. The van der Waals surface area contributed by atoms with Crippen LogP contribution in [0, 0.1) is 23.7 Å². The maximum Gasteiger partial charge on any atom is 0.334 e. The third-order valence-electron chi connectivity index (χ3n) is 10.2. The zero-order valence-electron chi connectivity index (χ0n) is 25.9. The number of allylic oxidation sites excluding steroid dienone is 1. The number of aliphatic hydroxyl groups excluding tert-OH is 3. The lowest BCUT2D eigenvalue weighted by molar-refractivity contribution is -0.281. The van der Waals surface area contributed by atoms with Gasteiger partial charge >= 0.3 is 11.9 Å². The fraction of sp³-hybridized carbons (Fsp3) is 0.871. The van der Waals surface area contributed by atoms with Crippen molar-refractivity contribution in [1.29, 1.82) is 0 Å². The number of fused-ring (bicyclic) bond motifs is 2. The van der Waals surface area contributed by atoms with E-state index in [2.05, 4.69) is 6.92 Å². The summed E-state index contributed by atoms with van der Waals surface area (Å²) in [5.74, 6) is -2.54. The van der Waals surface area contributed by atoms with Gasteiger partial charge in [0.25, 0.3) is 0 Å². The second kappa shape index (κ2) is 12.6. The first kappa shape index (κ1) is 32.4. The highest BCUT2D eigenvalue weighted by Gasteiger charge is 2.52. The monoisotopic (exact) mass is 581 g/mol. The molecule has 3 heterocycles. The largest absolute Gasteiger partial charge is 0.462 e. The number of esters is 2. The van der Waals surface area contributed by atoms with Crippen LogP contribution >= 0.6 is 0 Å². The number of cyclic esters (lactones) is 1. The van der Waals surface area contributed by atoms with E-state index in [0.29, 0.717) is 37.7 Å². The van der Waals surface area contributed by atoms with Crippen LogP contribution in [0.3, 0.4) is 0 Å². The number of carbonyl (C=O) groups excluding carboxylic acids is 2. The van der Waals surface area contributed by atoms with E-state index in [1.807, 2.05) is 32.8 Å². The highest BCUT2D eigenvalue weighted by molar-refractivity contribution is 5.91. The van der Waals surface area contributed by atoms with Gasteiger partial charge in [-0.2, -0.15) is 0 Å². The molecule has 1 aliphatic carbocycles. The Morgan fingerprint density at radius 1 is 1.05 bits per heavy atom. The van der Waals surface area contributed by atoms with E-state index in [-0.39, 0.29) is 24.5 Å². The lowest BCUT2D eigenvalue weighted by atomic mass is 9.80. The number of aliphatic hydroxyl groups is 3. The van der Waals surface area contributed by atoms with Crippen LogP contribution in [0.1, 0.15) is 80.1 Å². The molecule has 3 N–H and O–H groups in total. The van der Waals surface area contributed by atoms with Crippen LogP contribution in [0.25, 0.3) is 0 Å². The number of carbonyl (C=O) groups is 2. The molecule has 2 fully saturated rings. The summed E-state index contributed by atoms with van der Waals surface area (Å²) in [6, 6.07) is -0.201. The number of hydrogen-bond donors (Lipinski definition) is 3. The van der Waals surface area contributed by atoms with Crippen LogP contribution in [0.4, 0.5) is 0 Å². The summed E-state index contributed by atoms with van der Waals surface area (Å²) in [6.07, 6.45) is -3.28. The number of nitrogens with zero attached hydrogens (tertiary/aromatic N) is 1. The Bertz CT molecular complexity index is 1000. The number of hydrogen-bond acceptors (Lipinski definition) is 10. The Morgan fingerprint density at radius 2 is 1.73 bits per heavy atom. The summed E-state index contributed by atoms with van der Waals surface area (Å²) in [5, 5.41) is 34.1. The van der Waals surface area contributed by atoms with Gasteiger partial charge in [0.2, 0.25) is 0 Å². The van der Waals surface area contributed by atoms with Crippen LogP contribution in [0.15, 0.2) is 11.1 Å². The van der Waals surface area contributed by atoms with Crippen LogP contribution in [0.5, 0.6) is 0 Å². The van der Waals surface area contributed by atoms with E-state index in [9.17, 15) is 24.9 Å². The average molecular weight is 582 g/mol. The summed E-state index contributed by atoms with van der Waals surface area (Å²) in [6.45, 7) is 11.2. The molecule has 13 atom stereocenters. The van der Waals surface area contributed by atoms with Gasteiger partial charge in [0.15, 0.2) is 6.29 Å². The normalized spacial score (nSPS) is 46.2. The maximum absolute atomic E-state index is 13.9. The third kappa shape index (κ3) is 6.38. The smallest absolute Gasteiger partial charge is 0.334 e. The molecule has 0 aromatic heterocycles. The van der Waals surface area contributed by atoms with Gasteiger partial charge in [-0.05, 0) is 66.0 Å². The first-order chi connectivity index (χ1) is 19.2. The van der Waals surface area contributed by atoms with E-state index >= 15 is 0 Å². The molecular weight excluding hydrogens is 530 g/mol. The summed E-state index contributed by atoms with van der Waals surface area (Å²) >= 11 is 0. The quantitative estimate of drug-likeness (QED) is 0.425. The van der Waals surface area contributed by atoms with Crippen LogP contribution in [-0.2, 0) is 28.5 Å². The number of rotatable bonds is 4. The van der Waals surface area contributed by atoms with Gasteiger partial charge in [-0.3, -0.25) is 4.79 Å². The molecule has 10 heteroatoms. The van der Waals surface area contributed by atoms with E-state index in [1.54, 1.807) is 20.8 Å². The van der Waals surface area contributed by atoms with Crippen LogP contribution in [-0.4, -0.2) is 101 Å². The Hall–Kier alpha value is -1.56. The fourth-order valence-corrected chi connectivity index (χ4v) is 7.52. The topological polar surface area (TPSA) is 135 Å². The molecule has 234 valence electrons. The van der Waals surface area contributed by atoms with Crippen molar-refractivity contribution in [3.05, 3.63) is 11.1 Å². The van der Waals surface area contributed by atoms with Gasteiger partial charge in [0.1, 0.15) is 17.8 Å². The highest BCUT2D eigenvalue weighted by atomic mass is 16.7. The van der Waals surface area contributed by atoms with E-state index < -0.39 is 72.1 Å². The van der Waals surface area contributed by atoms with Crippen molar-refractivity contribution >= 4 is 11.9 Å². The van der Waals surface area contributed by atoms with Gasteiger partial charge in [-0.25, -0.2) is 4.79 Å². The summed E-state index contributed by atoms with van der Waals surface area (Å²) in [5.41, 5.74) is 0.338. The summed E-state index contributed by atoms with van der Waals surface area (Å²) < 4.78 is 24.6. The zero-order chi connectivity index (χ0) is 30.4. The lowest BCUT2D eigenvalue weighted by Crippen LogP contribution is -2.56. The molecule has 0 aromatic carbocycles. The van der Waals surface area contributed by atoms with E-state index in [0.717, 1.165) is 5.57 Å². The van der Waals surface area contributed by atoms with Crippen molar-refractivity contribution in [3.8, 4) is 0 Å². The first-order valence-electron chi connectivity index (χ1n) is 15.4. The molecule has 10 nitrogen and oxygen atoms in total. The Balaban J connectivity index is 1.76. The van der Waals surface area contributed by atoms with Crippen LogP contribution < -0.4 is 0 Å². The summed E-state index contributed by atoms with van der Waals surface area (Å²) in [4.78, 5) is 28.9. The second-order valence-electron chi connectivity index (χ2n) is 13.4. The Morgan fingerprint density at radius 3 is 2.37 bits per heavy atom. The Kier molecular flexibility index (Phi) is 9.93. The molecule has 0 amide bonds. The molecule has 4 rings (SSSR count). The highest BCUT2D eigenvalue weighted by Crippen LogP contribution is 2.49. The van der Waals surface area contributed by atoms with Crippen molar-refractivity contribution in [1.82, 2.24) is 4.90 Å². The van der Waals surface area contributed by atoms with Crippen molar-refractivity contribution in [2.24, 2.45) is 23.7 Å². The maximum atomic E-state index is 13.9. The number of likely N-dealkylation sites (N-methyl/N-ethyl adjacent to an activating group) is 1. The third-order valence-corrected chi connectivity index (χ3v) is 10.2. The van der Waals surface area contributed by atoms with Gasteiger partial charge in [-0.15, -0.1) is 0 Å². The van der Waals surface area contributed by atoms with Crippen molar-refractivity contribution in [2.75, 3.05) is 14.1 Å². The lowest BCUT2D eigenvalue weighted by Gasteiger charge is -2.44. The van der Waals surface area contributed by atoms with Gasteiger partial charge in [-0.1, -0.05) is 33.3 Å². The fourth-order valence-electron chi connectivity index (χ4n) is 7.52. The predicted octanol–water partition coefficient (Wildman–Crippen LogP) is 2.57. The molecule has 0 radical (unpaired) electrons. The number of ether oxygens (including phenoxy) is 4. The van der Waals surface area contributed by atoms with Gasteiger partial charge in [0.05, 0.1) is 30.8 Å². The predicted molar refractivity (Wildman–Crippen MR) is 150 cm³/mol. The Labute approximate surface area is 244 Å². The minimum Gasteiger partial charge on any atom is -0.462 e. The minimum atomic E-state index is -1.17. The van der Waals surface area contributed by atoms with E-state index in [4.69, 9.17) is 18.9 Å². The molecule has 3 aliphatic heterocycles. The molecule has 0 unspecified atom stereocenters. The molecule has 4 aliphatic rings. The van der Waals surface area contributed by atoms with Crippen molar-refractivity contribution < 1.29 is 43.9 Å². The van der Waals surface area contributed by atoms with E-state index in [1.165, 1.54) is 0 Å². The molecule has 2 bridgehead atoms. The summed E-state index contributed by atoms with van der Waals surface area (Å²) in [7, 11) is 3.80. The second-order valence-corrected chi connectivity index (χ2v) is 13.4. The first-order valence-corrected chi connectivity index (χ1v) is 15.4. The molecule has 2 saturated heterocycles. The van der Waals surface area contributed by atoms with Gasteiger partial charge < -0.3 is 39.2 Å². The SMILES string of the molecule is CC[C@@H]1OC(=O)C[C@@H](O)[C@H](C)[C@H](O[C@@H]2O[C@H](C)C[C@H](N(C)C)[C@H]2O)[C@@H]2C[C@@H](C)C3=C2C(=O)O[C@@](C)(CC3)[C@@H](O)[C@@H]1C. The van der Waals surface area contributed by atoms with Crippen molar-refractivity contribution in [3.63, 3.8) is 0 Å². The minimum absolute atomic E-state index is 0.0572. The molecule has 0 saturated carbocycles. The molecule has 0 aromatic rings.